The molecule has 1 aliphatic rings. The van der Waals surface area contributed by atoms with E-state index in [1.165, 1.54) is 0 Å². The Hall–Kier alpha value is -0.660. The van der Waals surface area contributed by atoms with E-state index in [2.05, 4.69) is 0 Å². The summed E-state index contributed by atoms with van der Waals surface area (Å²) in [4.78, 5) is 10.5. The number of carboxylic acids is 1. The predicted octanol–water partition coefficient (Wildman–Crippen LogP) is 0.490. The Kier molecular flexibility index (Phi) is 2.12. The van der Waals surface area contributed by atoms with Crippen LogP contribution in [0.25, 0.3) is 0 Å². The minimum absolute atomic E-state index is 0.153. The summed E-state index contributed by atoms with van der Waals surface area (Å²) in [6.45, 7) is 0. The molecule has 0 spiro atoms. The fourth-order valence-electron chi connectivity index (χ4n) is 1.18. The van der Waals surface area contributed by atoms with Gasteiger partial charge in [-0.25, -0.2) is 0 Å². The molecule has 0 aromatic rings. The van der Waals surface area contributed by atoms with Crippen molar-refractivity contribution in [1.82, 2.24) is 0 Å². The Balaban J connectivity index is 2.65. The van der Waals surface area contributed by atoms with Gasteiger partial charge in [0.1, 0.15) is 0 Å². The second-order valence-corrected chi connectivity index (χ2v) is 2.88. The van der Waals surface area contributed by atoms with Gasteiger partial charge < -0.3 is 5.11 Å². The Labute approximate surface area is 68.5 Å². The molecule has 0 bridgehead atoms. The van der Waals surface area contributed by atoms with Crippen molar-refractivity contribution in [1.29, 1.82) is 0 Å². The highest BCUT2D eigenvalue weighted by Gasteiger charge is 2.35. The highest BCUT2D eigenvalue weighted by molar-refractivity contribution is 6.50. The van der Waals surface area contributed by atoms with Crippen LogP contribution in [0.1, 0.15) is 12.8 Å². The largest absolute Gasteiger partial charge is 0.482 e. The maximum absolute atomic E-state index is 10.5. The van der Waals surface area contributed by atoms with E-state index in [4.69, 9.17) is 20.8 Å². The van der Waals surface area contributed by atoms with Gasteiger partial charge in [0.05, 0.1) is 15.7 Å². The Morgan fingerprint density at radius 1 is 1.45 bits per heavy atom. The third-order valence-electron chi connectivity index (χ3n) is 2.05. The molecular formula is C7H8B2O2. The lowest BCUT2D eigenvalue weighted by atomic mass is 9.48. The minimum Gasteiger partial charge on any atom is -0.482 e. The summed E-state index contributed by atoms with van der Waals surface area (Å²) in [5, 5.41) is 7.06. The molecule has 0 saturated carbocycles. The lowest BCUT2D eigenvalue weighted by Gasteiger charge is -2.27. The molecule has 0 atom stereocenters. The average molecular weight is 146 g/mol. The quantitative estimate of drug-likeness (QED) is 0.454. The summed E-state index contributed by atoms with van der Waals surface area (Å²) in [6.07, 6.45) is 5.14. The molecule has 11 heavy (non-hydrogen) atoms. The van der Waals surface area contributed by atoms with Crippen molar-refractivity contribution in [2.45, 2.75) is 18.1 Å². The molecule has 0 aromatic carbocycles. The molecule has 1 N–H and O–H groups in total. The molecule has 0 unspecified atom stereocenters. The standard InChI is InChI=1S/C7H8B2O2/c8-7(9,6(10)11)5-3-1-2-4-5/h1-2,5H,3-4H2,(H,10,11). The zero-order valence-corrected chi connectivity index (χ0v) is 6.16. The molecule has 4 heteroatoms. The van der Waals surface area contributed by atoms with Crippen LogP contribution in [0, 0.1) is 5.92 Å². The van der Waals surface area contributed by atoms with Gasteiger partial charge in [-0.1, -0.05) is 12.2 Å². The number of rotatable bonds is 2. The van der Waals surface area contributed by atoms with Gasteiger partial charge in [-0.2, -0.15) is 0 Å². The molecule has 2 nitrogen and oxygen atoms in total. The number of carboxylic acid groups (broad SMARTS) is 1. The number of carbonyl (C=O) groups is 1. The first-order chi connectivity index (χ1) is 5.05. The molecule has 0 heterocycles. The molecule has 1 rings (SSSR count). The molecular weight excluding hydrogens is 138 g/mol. The van der Waals surface area contributed by atoms with Crippen molar-refractivity contribution in [3.63, 3.8) is 0 Å². The molecule has 0 fully saturated rings. The van der Waals surface area contributed by atoms with Crippen molar-refractivity contribution in [3.8, 4) is 0 Å². The van der Waals surface area contributed by atoms with Crippen LogP contribution in [-0.2, 0) is 4.79 Å². The summed E-state index contributed by atoms with van der Waals surface area (Å²) in [7, 11) is 10.8. The predicted molar refractivity (Wildman–Crippen MR) is 43.7 cm³/mol. The van der Waals surface area contributed by atoms with Gasteiger partial charge in [0.2, 0.25) is 0 Å². The fourth-order valence-corrected chi connectivity index (χ4v) is 1.18. The monoisotopic (exact) mass is 146 g/mol. The van der Waals surface area contributed by atoms with Gasteiger partial charge in [-0.05, 0) is 24.0 Å². The van der Waals surface area contributed by atoms with Crippen molar-refractivity contribution in [3.05, 3.63) is 12.2 Å². The van der Waals surface area contributed by atoms with Gasteiger partial charge in [0, 0.05) is 0 Å². The summed E-state index contributed by atoms with van der Waals surface area (Å²) in [6, 6.07) is 0. The van der Waals surface area contributed by atoms with Crippen molar-refractivity contribution < 1.29 is 9.90 Å². The summed E-state index contributed by atoms with van der Waals surface area (Å²) < 4.78 is 0. The molecule has 0 aromatic heterocycles. The Morgan fingerprint density at radius 3 is 2.27 bits per heavy atom. The fraction of sp³-hybridized carbons (Fsp3) is 0.571. The van der Waals surface area contributed by atoms with Crippen LogP contribution in [0.5, 0.6) is 0 Å². The first-order valence-electron chi connectivity index (χ1n) is 3.51. The highest BCUT2D eigenvalue weighted by atomic mass is 16.4. The van der Waals surface area contributed by atoms with Gasteiger partial charge in [0.15, 0.2) is 0 Å². The van der Waals surface area contributed by atoms with Crippen LogP contribution in [0.3, 0.4) is 0 Å². The number of hydrogen-bond donors (Lipinski definition) is 1. The van der Waals surface area contributed by atoms with Crippen LogP contribution >= 0.6 is 0 Å². The van der Waals surface area contributed by atoms with Gasteiger partial charge >= 0.3 is 0 Å². The molecule has 0 saturated heterocycles. The Morgan fingerprint density at radius 2 is 1.91 bits per heavy atom. The van der Waals surface area contributed by atoms with Crippen LogP contribution in [0.2, 0.25) is 5.21 Å². The summed E-state index contributed by atoms with van der Waals surface area (Å²) in [5.41, 5.74) is 0. The first-order valence-corrected chi connectivity index (χ1v) is 3.51. The van der Waals surface area contributed by atoms with Crippen LogP contribution in [0.15, 0.2) is 12.2 Å². The smallest absolute Gasteiger partial charge is 0.292 e. The van der Waals surface area contributed by atoms with E-state index in [-0.39, 0.29) is 5.92 Å². The van der Waals surface area contributed by atoms with E-state index in [0.717, 1.165) is 0 Å². The topological polar surface area (TPSA) is 37.3 Å². The molecule has 4 radical (unpaired) electrons. The van der Waals surface area contributed by atoms with Crippen LogP contribution in [0.4, 0.5) is 0 Å². The first kappa shape index (κ1) is 8.44. The Bertz CT molecular complexity index is 191. The van der Waals surface area contributed by atoms with E-state index >= 15 is 0 Å². The van der Waals surface area contributed by atoms with Crippen LogP contribution < -0.4 is 0 Å². The zero-order valence-electron chi connectivity index (χ0n) is 6.16. The second-order valence-electron chi connectivity index (χ2n) is 2.88. The molecule has 0 aliphatic heterocycles. The third kappa shape index (κ3) is 1.50. The van der Waals surface area contributed by atoms with E-state index in [1.54, 1.807) is 0 Å². The van der Waals surface area contributed by atoms with Gasteiger partial charge in [0.25, 0.3) is 5.97 Å². The number of hydrogen-bond acceptors (Lipinski definition) is 1. The van der Waals surface area contributed by atoms with Gasteiger partial charge in [-0.3, -0.25) is 4.79 Å². The maximum atomic E-state index is 10.5. The number of allylic oxidation sites excluding steroid dienone is 2. The van der Waals surface area contributed by atoms with E-state index in [0.29, 0.717) is 12.8 Å². The highest BCUT2D eigenvalue weighted by Crippen LogP contribution is 2.37. The summed E-state index contributed by atoms with van der Waals surface area (Å²) >= 11 is 0. The van der Waals surface area contributed by atoms with Crippen molar-refractivity contribution in [2.24, 2.45) is 5.92 Å². The molecule has 1 aliphatic carbocycles. The lowest BCUT2D eigenvalue weighted by Crippen LogP contribution is -2.31. The second kappa shape index (κ2) is 2.76. The minimum atomic E-state index is -1.57. The average Bonchev–Trinajstić information content (AvgIpc) is 2.37. The molecule has 0 amide bonds. The normalized spacial score (nSPS) is 18.9. The zero-order chi connectivity index (χ0) is 8.48. The number of aliphatic carboxylic acids is 1. The van der Waals surface area contributed by atoms with E-state index < -0.39 is 11.2 Å². The molecule has 54 valence electrons. The van der Waals surface area contributed by atoms with E-state index in [1.807, 2.05) is 12.2 Å². The van der Waals surface area contributed by atoms with Crippen LogP contribution in [-0.4, -0.2) is 26.8 Å². The maximum Gasteiger partial charge on any atom is 0.292 e. The lowest BCUT2D eigenvalue weighted by molar-refractivity contribution is -0.139. The van der Waals surface area contributed by atoms with Crippen molar-refractivity contribution >= 4 is 21.7 Å². The van der Waals surface area contributed by atoms with Crippen molar-refractivity contribution in [2.75, 3.05) is 0 Å². The summed E-state index contributed by atoms with van der Waals surface area (Å²) in [5.74, 6) is -1.29. The van der Waals surface area contributed by atoms with E-state index in [9.17, 15) is 4.79 Å². The third-order valence-corrected chi connectivity index (χ3v) is 2.05. The SMILES string of the molecule is [B]C([B])(C(=O)O)C1CC=CC1. The van der Waals surface area contributed by atoms with Gasteiger partial charge in [-0.15, -0.1) is 0 Å².